The third kappa shape index (κ3) is 2.49. The molecule has 1 aliphatic rings. The molecule has 0 aromatic rings. The zero-order valence-electron chi connectivity index (χ0n) is 10.2. The van der Waals surface area contributed by atoms with Gasteiger partial charge >= 0.3 is 5.97 Å². The lowest BCUT2D eigenvalue weighted by Crippen LogP contribution is -1.95. The Balaban J connectivity index is 2.83. The Morgan fingerprint density at radius 1 is 1.27 bits per heavy atom. The van der Waals surface area contributed by atoms with Gasteiger partial charge in [0, 0.05) is 6.08 Å². The normalized spacial score (nSPS) is 28.5. The number of hydrogen-bond donors (Lipinski definition) is 1. The number of hydrogen-bond acceptors (Lipinski definition) is 1. The summed E-state index contributed by atoms with van der Waals surface area (Å²) in [5.41, 5.74) is 2.50. The number of rotatable bonds is 3. The first kappa shape index (κ1) is 12.0. The Morgan fingerprint density at radius 3 is 2.20 bits per heavy atom. The highest BCUT2D eigenvalue weighted by Crippen LogP contribution is 2.62. The van der Waals surface area contributed by atoms with Crippen molar-refractivity contribution in [1.82, 2.24) is 0 Å². The van der Waals surface area contributed by atoms with Gasteiger partial charge in [0.2, 0.25) is 0 Å². The number of carbonyl (C=O) groups is 1. The molecule has 1 N–H and O–H groups in total. The lowest BCUT2D eigenvalue weighted by molar-refractivity contribution is -0.131. The van der Waals surface area contributed by atoms with E-state index in [0.29, 0.717) is 11.8 Å². The van der Waals surface area contributed by atoms with E-state index in [1.165, 1.54) is 11.6 Å². The zero-order valence-corrected chi connectivity index (χ0v) is 10.2. The topological polar surface area (TPSA) is 37.3 Å². The van der Waals surface area contributed by atoms with Crippen molar-refractivity contribution in [2.75, 3.05) is 0 Å². The zero-order chi connectivity index (χ0) is 11.8. The first-order valence-corrected chi connectivity index (χ1v) is 5.33. The summed E-state index contributed by atoms with van der Waals surface area (Å²) in [7, 11) is 0. The summed E-state index contributed by atoms with van der Waals surface area (Å²) in [6.45, 7) is 10.5. The first-order valence-electron chi connectivity index (χ1n) is 5.33. The van der Waals surface area contributed by atoms with Crippen molar-refractivity contribution in [3.05, 3.63) is 23.3 Å². The molecular weight excluding hydrogens is 188 g/mol. The molecule has 0 amide bonds. The van der Waals surface area contributed by atoms with Crippen molar-refractivity contribution in [2.45, 2.75) is 34.6 Å². The van der Waals surface area contributed by atoms with Crippen LogP contribution in [-0.2, 0) is 4.79 Å². The average Bonchev–Trinajstić information content (AvgIpc) is 2.49. The van der Waals surface area contributed by atoms with Gasteiger partial charge in [-0.05, 0) is 38.0 Å². The summed E-state index contributed by atoms with van der Waals surface area (Å²) in [6, 6.07) is 0. The van der Waals surface area contributed by atoms with Crippen LogP contribution in [0.5, 0.6) is 0 Å². The van der Waals surface area contributed by atoms with Crippen molar-refractivity contribution in [3.63, 3.8) is 0 Å². The third-order valence-electron chi connectivity index (χ3n) is 3.27. The maximum Gasteiger partial charge on any atom is 0.328 e. The van der Waals surface area contributed by atoms with Crippen molar-refractivity contribution < 1.29 is 9.90 Å². The number of carboxylic acid groups (broad SMARTS) is 1. The van der Waals surface area contributed by atoms with E-state index in [1.807, 2.05) is 6.92 Å². The Hall–Kier alpha value is -1.05. The van der Waals surface area contributed by atoms with E-state index in [4.69, 9.17) is 5.11 Å². The van der Waals surface area contributed by atoms with E-state index >= 15 is 0 Å². The highest BCUT2D eigenvalue weighted by Gasteiger charge is 2.56. The molecule has 0 aliphatic heterocycles. The Kier molecular flexibility index (Phi) is 3.08. The van der Waals surface area contributed by atoms with Gasteiger partial charge in [-0.1, -0.05) is 31.1 Å². The maximum atomic E-state index is 10.6. The molecule has 84 valence electrons. The van der Waals surface area contributed by atoms with Crippen LogP contribution in [-0.4, -0.2) is 11.1 Å². The maximum absolute atomic E-state index is 10.6. The minimum Gasteiger partial charge on any atom is -0.478 e. The van der Waals surface area contributed by atoms with E-state index in [0.717, 1.165) is 5.57 Å². The SMILES string of the molecule is CC(C)=C[C@H]1[C@H](/C(C)=C/C(=O)O)C1(C)C. The number of carboxylic acids is 1. The summed E-state index contributed by atoms with van der Waals surface area (Å²) in [4.78, 5) is 10.6. The number of allylic oxidation sites excluding steroid dienone is 3. The molecule has 15 heavy (non-hydrogen) atoms. The minimum absolute atomic E-state index is 0.216. The third-order valence-corrected chi connectivity index (χ3v) is 3.27. The molecule has 2 atom stereocenters. The Labute approximate surface area is 91.7 Å². The summed E-state index contributed by atoms with van der Waals surface area (Å²) in [5, 5.41) is 8.71. The van der Waals surface area contributed by atoms with Crippen molar-refractivity contribution in [1.29, 1.82) is 0 Å². The van der Waals surface area contributed by atoms with Crippen molar-refractivity contribution in [2.24, 2.45) is 17.3 Å². The van der Waals surface area contributed by atoms with Gasteiger partial charge in [-0.3, -0.25) is 0 Å². The largest absolute Gasteiger partial charge is 0.478 e. The lowest BCUT2D eigenvalue weighted by atomic mass is 10.0. The van der Waals surface area contributed by atoms with Gasteiger partial charge in [0.05, 0.1) is 0 Å². The van der Waals surface area contributed by atoms with Gasteiger partial charge in [0.15, 0.2) is 0 Å². The number of aliphatic carboxylic acids is 1. The van der Waals surface area contributed by atoms with Crippen LogP contribution in [0.2, 0.25) is 0 Å². The predicted molar refractivity (Wildman–Crippen MR) is 61.6 cm³/mol. The second kappa shape index (κ2) is 3.84. The molecule has 2 nitrogen and oxygen atoms in total. The van der Waals surface area contributed by atoms with Crippen LogP contribution in [0.15, 0.2) is 23.3 Å². The summed E-state index contributed by atoms with van der Waals surface area (Å²) in [5.74, 6) is 0.0488. The molecule has 0 aromatic carbocycles. The van der Waals surface area contributed by atoms with Crippen molar-refractivity contribution >= 4 is 5.97 Å². The van der Waals surface area contributed by atoms with Crippen LogP contribution in [0.1, 0.15) is 34.6 Å². The smallest absolute Gasteiger partial charge is 0.328 e. The monoisotopic (exact) mass is 208 g/mol. The summed E-state index contributed by atoms with van der Waals surface area (Å²) < 4.78 is 0. The molecule has 0 bridgehead atoms. The van der Waals surface area contributed by atoms with Crippen LogP contribution < -0.4 is 0 Å². The quantitative estimate of drug-likeness (QED) is 0.571. The average molecular weight is 208 g/mol. The predicted octanol–water partition coefficient (Wildman–Crippen LogP) is 3.26. The van der Waals surface area contributed by atoms with Gasteiger partial charge in [0.25, 0.3) is 0 Å². The second-order valence-electron chi connectivity index (χ2n) is 5.30. The fourth-order valence-electron chi connectivity index (χ4n) is 2.50. The molecule has 0 saturated heterocycles. The summed E-state index contributed by atoms with van der Waals surface area (Å²) >= 11 is 0. The van der Waals surface area contributed by atoms with Gasteiger partial charge in [-0.25, -0.2) is 4.79 Å². The van der Waals surface area contributed by atoms with Gasteiger partial charge in [0.1, 0.15) is 0 Å². The van der Waals surface area contributed by atoms with E-state index < -0.39 is 5.97 Å². The van der Waals surface area contributed by atoms with Crippen LogP contribution in [0.4, 0.5) is 0 Å². The fraction of sp³-hybridized carbons (Fsp3) is 0.615. The lowest BCUT2D eigenvalue weighted by Gasteiger charge is -2.01. The highest BCUT2D eigenvalue weighted by molar-refractivity contribution is 5.80. The molecule has 0 spiro atoms. The molecule has 1 fully saturated rings. The molecule has 0 unspecified atom stereocenters. The molecule has 0 radical (unpaired) electrons. The van der Waals surface area contributed by atoms with Gasteiger partial charge < -0.3 is 5.11 Å². The first-order chi connectivity index (χ1) is 6.76. The van der Waals surface area contributed by atoms with Gasteiger partial charge in [-0.15, -0.1) is 0 Å². The molecule has 0 heterocycles. The molecule has 1 aliphatic carbocycles. The van der Waals surface area contributed by atoms with E-state index in [1.54, 1.807) is 0 Å². The van der Waals surface area contributed by atoms with Gasteiger partial charge in [-0.2, -0.15) is 0 Å². The molecule has 0 aromatic heterocycles. The van der Waals surface area contributed by atoms with Crippen LogP contribution in [0, 0.1) is 17.3 Å². The summed E-state index contributed by atoms with van der Waals surface area (Å²) in [6.07, 6.45) is 3.59. The molecule has 1 rings (SSSR count). The van der Waals surface area contributed by atoms with E-state index in [9.17, 15) is 4.79 Å². The second-order valence-corrected chi connectivity index (χ2v) is 5.30. The molecular formula is C13H20O2. The fourth-order valence-corrected chi connectivity index (χ4v) is 2.50. The van der Waals surface area contributed by atoms with E-state index in [2.05, 4.69) is 33.8 Å². The Morgan fingerprint density at radius 2 is 1.80 bits per heavy atom. The van der Waals surface area contributed by atoms with Crippen LogP contribution in [0.25, 0.3) is 0 Å². The van der Waals surface area contributed by atoms with Crippen LogP contribution >= 0.6 is 0 Å². The minimum atomic E-state index is -0.842. The van der Waals surface area contributed by atoms with Crippen LogP contribution in [0.3, 0.4) is 0 Å². The molecule has 1 saturated carbocycles. The molecule has 2 heteroatoms. The standard InChI is InChI=1S/C13H20O2/c1-8(2)6-10-12(13(10,4)5)9(3)7-11(14)15/h6-7,10,12H,1-5H3,(H,14,15)/b9-7+/t10-,12-/m0/s1. The van der Waals surface area contributed by atoms with Crippen molar-refractivity contribution in [3.8, 4) is 0 Å². The Bertz CT molecular complexity index is 330. The van der Waals surface area contributed by atoms with E-state index in [-0.39, 0.29) is 5.41 Å². The highest BCUT2D eigenvalue weighted by atomic mass is 16.4.